The first-order chi connectivity index (χ1) is 20.0. The van der Waals surface area contributed by atoms with Crippen LogP contribution >= 0.6 is 0 Å². The number of imidazole rings is 1. The van der Waals surface area contributed by atoms with E-state index in [4.69, 9.17) is 18.9 Å². The monoisotopic (exact) mass is 592 g/mol. The van der Waals surface area contributed by atoms with Gasteiger partial charge in [-0.2, -0.15) is 9.97 Å². The molecule has 5 atom stereocenters. The van der Waals surface area contributed by atoms with E-state index in [0.717, 1.165) is 25.0 Å². The summed E-state index contributed by atoms with van der Waals surface area (Å²) in [6.07, 6.45) is -7.44. The Kier molecular flexibility index (Phi) is 9.31. The number of carboxylic acids is 1. The first-order valence-corrected chi connectivity index (χ1v) is 12.6. The number of nitrogens with zero attached hydrogens (tertiary/aromatic N) is 5. The van der Waals surface area contributed by atoms with Crippen molar-refractivity contribution in [3.63, 3.8) is 0 Å². The molecule has 3 heterocycles. The summed E-state index contributed by atoms with van der Waals surface area (Å²) in [5, 5.41) is 53.1. The number of aromatic nitrogens is 4. The first-order valence-electron chi connectivity index (χ1n) is 12.6. The van der Waals surface area contributed by atoms with Crippen molar-refractivity contribution in [1.29, 1.82) is 0 Å². The molecule has 1 aromatic carbocycles. The van der Waals surface area contributed by atoms with E-state index in [1.807, 2.05) is 6.92 Å². The molecule has 1 amide bonds. The molecule has 0 saturated carbocycles. The van der Waals surface area contributed by atoms with Crippen LogP contribution in [0, 0.1) is 10.1 Å². The van der Waals surface area contributed by atoms with E-state index in [9.17, 15) is 40.1 Å². The Balaban J connectivity index is 1.44. The Labute approximate surface area is 236 Å². The second-order valence-corrected chi connectivity index (χ2v) is 9.20. The number of anilines is 1. The molecule has 0 aliphatic carbocycles. The Morgan fingerprint density at radius 1 is 1.19 bits per heavy atom. The third-order valence-electron chi connectivity index (χ3n) is 6.12. The average Bonchev–Trinajstić information content (AvgIpc) is 3.32. The number of nitro groups is 1. The number of hydrogen-bond acceptors (Lipinski definition) is 14. The highest BCUT2D eigenvalue weighted by Gasteiger charge is 2.48. The Hall–Kier alpha value is -4.65. The van der Waals surface area contributed by atoms with Crippen LogP contribution < -0.4 is 14.8 Å². The quantitative estimate of drug-likeness (QED) is 0.115. The molecule has 18 heteroatoms. The summed E-state index contributed by atoms with van der Waals surface area (Å²) in [7, 11) is 1.71. The lowest BCUT2D eigenvalue weighted by Gasteiger charge is -2.38. The van der Waals surface area contributed by atoms with Crippen molar-refractivity contribution < 1.29 is 53.9 Å². The predicted molar refractivity (Wildman–Crippen MR) is 139 cm³/mol. The second kappa shape index (κ2) is 12.9. The number of carbonyl (C=O) groups excluding carboxylic acids is 1. The molecule has 1 saturated heterocycles. The van der Waals surface area contributed by atoms with Crippen LogP contribution in [-0.2, 0) is 27.9 Å². The average molecular weight is 593 g/mol. The van der Waals surface area contributed by atoms with Gasteiger partial charge in [-0.25, -0.2) is 14.6 Å². The van der Waals surface area contributed by atoms with Gasteiger partial charge >= 0.3 is 17.7 Å². The van der Waals surface area contributed by atoms with E-state index < -0.39 is 65.7 Å². The predicted octanol–water partition coefficient (Wildman–Crippen LogP) is 0.470. The molecule has 5 N–H and O–H groups in total. The first kappa shape index (κ1) is 30.3. The zero-order valence-corrected chi connectivity index (χ0v) is 22.3. The highest BCUT2D eigenvalue weighted by molar-refractivity contribution is 5.85. The number of fused-ring (bicyclic) bond motifs is 1. The number of nitro benzene ring substituents is 1. The number of aliphatic hydroxyl groups is 3. The summed E-state index contributed by atoms with van der Waals surface area (Å²) in [6.45, 7) is 1.96. The molecule has 2 aromatic heterocycles. The van der Waals surface area contributed by atoms with Gasteiger partial charge in [-0.1, -0.05) is 19.4 Å². The van der Waals surface area contributed by atoms with Crippen LogP contribution in [0.25, 0.3) is 11.2 Å². The van der Waals surface area contributed by atoms with Gasteiger partial charge in [0.2, 0.25) is 18.1 Å². The number of unbranched alkanes of at least 4 members (excludes halogenated alkanes) is 1. The lowest BCUT2D eigenvalue weighted by molar-refractivity contribution is -0.387. The summed E-state index contributed by atoms with van der Waals surface area (Å²) in [4.78, 5) is 47.3. The van der Waals surface area contributed by atoms with Gasteiger partial charge in [0, 0.05) is 13.1 Å². The van der Waals surface area contributed by atoms with E-state index in [1.54, 1.807) is 11.6 Å². The van der Waals surface area contributed by atoms with Gasteiger partial charge in [0.25, 0.3) is 0 Å². The van der Waals surface area contributed by atoms with Crippen molar-refractivity contribution in [2.45, 2.75) is 57.1 Å². The van der Waals surface area contributed by atoms with Crippen molar-refractivity contribution in [2.24, 2.45) is 7.05 Å². The smallest absolute Gasteiger partial charge is 0.414 e. The topological polar surface area (TPSA) is 251 Å². The number of hydrogen-bond donors (Lipinski definition) is 5. The lowest BCUT2D eigenvalue weighted by Crippen LogP contribution is -2.61. The van der Waals surface area contributed by atoms with Crippen LogP contribution in [0.4, 0.5) is 16.4 Å². The van der Waals surface area contributed by atoms with E-state index in [1.165, 1.54) is 12.4 Å². The van der Waals surface area contributed by atoms with Crippen molar-refractivity contribution in [3.05, 3.63) is 40.2 Å². The van der Waals surface area contributed by atoms with Crippen LogP contribution in [0.15, 0.2) is 24.5 Å². The summed E-state index contributed by atoms with van der Waals surface area (Å²) in [5.41, 5.74) is 0.345. The molecule has 0 radical (unpaired) electrons. The highest BCUT2D eigenvalue weighted by Crippen LogP contribution is 2.32. The van der Waals surface area contributed by atoms with Crippen molar-refractivity contribution >= 4 is 34.9 Å². The van der Waals surface area contributed by atoms with Crippen molar-refractivity contribution in [1.82, 2.24) is 19.5 Å². The molecule has 42 heavy (non-hydrogen) atoms. The van der Waals surface area contributed by atoms with Crippen LogP contribution in [0.2, 0.25) is 0 Å². The Morgan fingerprint density at radius 3 is 2.64 bits per heavy atom. The number of ether oxygens (including phenoxy) is 4. The molecule has 4 rings (SSSR count). The Bertz CT molecular complexity index is 1470. The number of rotatable bonds is 11. The number of benzene rings is 1. The largest absolute Gasteiger partial charge is 0.479 e. The third-order valence-corrected chi connectivity index (χ3v) is 6.12. The molecule has 18 nitrogen and oxygen atoms in total. The van der Waals surface area contributed by atoms with Gasteiger partial charge in [0.05, 0.1) is 17.9 Å². The number of amides is 1. The zero-order valence-electron chi connectivity index (χ0n) is 22.3. The maximum Gasteiger partial charge on any atom is 0.414 e. The molecule has 226 valence electrons. The number of nitrogens with one attached hydrogen (secondary N) is 1. The number of aliphatic carboxylic acids is 1. The highest BCUT2D eigenvalue weighted by atomic mass is 16.7. The van der Waals surface area contributed by atoms with E-state index in [-0.39, 0.29) is 17.4 Å². The summed E-state index contributed by atoms with van der Waals surface area (Å²) in [5.74, 6) is -2.03. The van der Waals surface area contributed by atoms with Crippen molar-refractivity contribution in [3.8, 4) is 11.6 Å². The fourth-order valence-corrected chi connectivity index (χ4v) is 3.90. The fourth-order valence-electron chi connectivity index (χ4n) is 3.90. The summed E-state index contributed by atoms with van der Waals surface area (Å²) in [6, 6.07) is 3.44. The molecule has 0 bridgehead atoms. The van der Waals surface area contributed by atoms with Crippen LogP contribution in [0.1, 0.15) is 25.3 Å². The van der Waals surface area contributed by atoms with Crippen LogP contribution in [0.5, 0.6) is 11.6 Å². The van der Waals surface area contributed by atoms with Gasteiger partial charge in [-0.15, -0.1) is 0 Å². The summed E-state index contributed by atoms with van der Waals surface area (Å²) < 4.78 is 22.8. The van der Waals surface area contributed by atoms with Gasteiger partial charge in [-0.05, 0) is 18.1 Å². The summed E-state index contributed by atoms with van der Waals surface area (Å²) >= 11 is 0. The van der Waals surface area contributed by atoms with Gasteiger partial charge < -0.3 is 43.9 Å². The molecule has 0 spiro atoms. The second-order valence-electron chi connectivity index (χ2n) is 9.20. The molecular formula is C24H28N6O12. The normalized spacial score (nSPS) is 22.0. The lowest BCUT2D eigenvalue weighted by atomic mass is 9.99. The van der Waals surface area contributed by atoms with E-state index >= 15 is 0 Å². The van der Waals surface area contributed by atoms with Gasteiger partial charge in [0.1, 0.15) is 24.9 Å². The van der Waals surface area contributed by atoms with Gasteiger partial charge in [-0.3, -0.25) is 15.4 Å². The SMILES string of the molecule is CCCCOc1nc(NC(=O)OCc2ccc(O[C@@H]3OC(C(=O)O)[C@@H](O)C(O)C3O)c([N+](=O)[O-])c2)nc2c1ncn2C. The molecule has 1 fully saturated rings. The number of carboxylic acid groups (broad SMARTS) is 1. The number of aliphatic hydroxyl groups excluding tert-OH is 3. The van der Waals surface area contributed by atoms with E-state index in [0.29, 0.717) is 17.8 Å². The number of aryl methyl sites for hydroxylation is 1. The van der Waals surface area contributed by atoms with Crippen LogP contribution in [-0.4, -0.2) is 94.2 Å². The minimum Gasteiger partial charge on any atom is -0.479 e. The Morgan fingerprint density at radius 2 is 1.95 bits per heavy atom. The fraction of sp³-hybridized carbons (Fsp3) is 0.458. The number of carbonyl (C=O) groups is 2. The minimum absolute atomic E-state index is 0.115. The molecule has 3 unspecified atom stereocenters. The standard InChI is InChI=1S/C24H28N6O12/c1-3-4-7-39-20-14-19(29(2)10-25-14)26-23(27-20)28-24(36)40-9-11-5-6-13(12(8-11)30(37)38)41-22-17(33)15(31)16(32)18(42-22)21(34)35/h5-6,8,10,15-18,22,31-33H,3-4,7,9H2,1-2H3,(H,34,35)(H,26,27,28,36)/t15?,16-,17?,18?,22+/m0/s1. The molecule has 3 aromatic rings. The van der Waals surface area contributed by atoms with Crippen molar-refractivity contribution in [2.75, 3.05) is 11.9 Å². The van der Waals surface area contributed by atoms with Crippen LogP contribution in [0.3, 0.4) is 0 Å². The third kappa shape index (κ3) is 6.62. The van der Waals surface area contributed by atoms with Gasteiger partial charge in [0.15, 0.2) is 23.0 Å². The maximum absolute atomic E-state index is 12.5. The molecule has 1 aliphatic rings. The molecular weight excluding hydrogens is 564 g/mol. The molecule has 1 aliphatic heterocycles. The minimum atomic E-state index is -1.96. The van der Waals surface area contributed by atoms with E-state index in [2.05, 4.69) is 20.3 Å². The zero-order chi connectivity index (χ0) is 30.6. The maximum atomic E-state index is 12.5.